The fourth-order valence-electron chi connectivity index (χ4n) is 6.49. The molecule has 1 saturated carbocycles. The first-order valence-electron chi connectivity index (χ1n) is 16.7. The van der Waals surface area contributed by atoms with E-state index in [4.69, 9.17) is 0 Å². The Bertz CT molecular complexity index is 1450. The maximum absolute atomic E-state index is 14.0. The molecule has 0 saturated heterocycles. The number of amides is 2. The summed E-state index contributed by atoms with van der Waals surface area (Å²) in [5.41, 5.74) is 3.03. The van der Waals surface area contributed by atoms with Gasteiger partial charge in [0, 0.05) is 44.2 Å². The van der Waals surface area contributed by atoms with Gasteiger partial charge in [0.05, 0.1) is 6.04 Å². The molecule has 0 spiro atoms. The van der Waals surface area contributed by atoms with Crippen LogP contribution in [0, 0.1) is 0 Å². The number of carbonyl (C=O) groups excluding carboxylic acids is 2. The van der Waals surface area contributed by atoms with Crippen molar-refractivity contribution in [3.8, 4) is 0 Å². The summed E-state index contributed by atoms with van der Waals surface area (Å²) in [6.07, 6.45) is 8.11. The van der Waals surface area contributed by atoms with E-state index in [1.165, 1.54) is 43.2 Å². The number of likely N-dealkylation sites (N-methyl/N-ethyl adjacent to an activating group) is 1. The van der Waals surface area contributed by atoms with Crippen LogP contribution in [-0.2, 0) is 4.79 Å². The summed E-state index contributed by atoms with van der Waals surface area (Å²) in [6, 6.07) is 34.9. The van der Waals surface area contributed by atoms with Crippen LogP contribution in [0.1, 0.15) is 72.3 Å². The largest absolute Gasteiger partial charge is 0.351 e. The van der Waals surface area contributed by atoms with Gasteiger partial charge in [0.1, 0.15) is 0 Å². The van der Waals surface area contributed by atoms with E-state index in [1.807, 2.05) is 66.5 Å². The molecule has 5 rings (SSSR count). The highest BCUT2D eigenvalue weighted by Crippen LogP contribution is 2.26. The molecule has 1 aliphatic carbocycles. The molecule has 3 N–H and O–H groups in total. The van der Waals surface area contributed by atoms with Crippen molar-refractivity contribution in [2.75, 3.05) is 33.2 Å². The first kappa shape index (κ1) is 32.4. The second-order valence-electron chi connectivity index (χ2n) is 12.3. The van der Waals surface area contributed by atoms with Crippen LogP contribution in [0.3, 0.4) is 0 Å². The molecule has 1 fully saturated rings. The molecule has 0 aromatic heterocycles. The number of nitrogens with one attached hydrogen (secondary N) is 3. The number of fused-ring (bicyclic) bond motifs is 1. The first-order chi connectivity index (χ1) is 22.1. The fraction of sp³-hybridized carbons (Fsp3) is 0.385. The summed E-state index contributed by atoms with van der Waals surface area (Å²) in [7, 11) is 1.91. The van der Waals surface area contributed by atoms with E-state index < -0.39 is 0 Å². The van der Waals surface area contributed by atoms with Crippen LogP contribution in [0.4, 0.5) is 0 Å². The highest BCUT2D eigenvalue weighted by Gasteiger charge is 2.25. The van der Waals surface area contributed by atoms with Crippen LogP contribution < -0.4 is 16.0 Å². The van der Waals surface area contributed by atoms with Gasteiger partial charge in [-0.05, 0) is 66.3 Å². The highest BCUT2D eigenvalue weighted by molar-refractivity contribution is 5.98. The van der Waals surface area contributed by atoms with Crippen LogP contribution in [-0.4, -0.2) is 62.0 Å². The minimum Gasteiger partial charge on any atom is -0.351 e. The molecule has 4 aromatic carbocycles. The Morgan fingerprint density at radius 2 is 1.40 bits per heavy atom. The van der Waals surface area contributed by atoms with Crippen LogP contribution in [0.15, 0.2) is 103 Å². The van der Waals surface area contributed by atoms with Crippen LogP contribution in [0.25, 0.3) is 10.8 Å². The molecule has 1 aliphatic rings. The van der Waals surface area contributed by atoms with Crippen LogP contribution >= 0.6 is 0 Å². The third kappa shape index (κ3) is 9.49. The third-order valence-electron chi connectivity index (χ3n) is 9.06. The molecule has 236 valence electrons. The van der Waals surface area contributed by atoms with Gasteiger partial charge >= 0.3 is 0 Å². The van der Waals surface area contributed by atoms with E-state index in [2.05, 4.69) is 64.5 Å². The Morgan fingerprint density at radius 1 is 0.756 bits per heavy atom. The van der Waals surface area contributed by atoms with Gasteiger partial charge in [-0.25, -0.2) is 0 Å². The van der Waals surface area contributed by atoms with Crippen LogP contribution in [0.2, 0.25) is 0 Å². The van der Waals surface area contributed by atoms with Crippen molar-refractivity contribution in [2.24, 2.45) is 0 Å². The predicted molar refractivity (Wildman–Crippen MR) is 185 cm³/mol. The zero-order chi connectivity index (χ0) is 31.3. The average Bonchev–Trinajstić information content (AvgIpc) is 3.10. The van der Waals surface area contributed by atoms with Gasteiger partial charge < -0.3 is 20.9 Å². The van der Waals surface area contributed by atoms with E-state index in [1.54, 1.807) is 0 Å². The van der Waals surface area contributed by atoms with E-state index in [0.717, 1.165) is 30.2 Å². The van der Waals surface area contributed by atoms with Crippen molar-refractivity contribution < 1.29 is 9.59 Å². The topological polar surface area (TPSA) is 73.5 Å². The third-order valence-corrected chi connectivity index (χ3v) is 9.06. The molecular formula is C39H48N4O2. The van der Waals surface area contributed by atoms with E-state index in [-0.39, 0.29) is 23.8 Å². The summed E-state index contributed by atoms with van der Waals surface area (Å²) in [6.45, 7) is 2.45. The molecule has 1 atom stereocenters. The van der Waals surface area contributed by atoms with Gasteiger partial charge in [-0.2, -0.15) is 0 Å². The normalized spacial score (nSPS) is 14.4. The lowest BCUT2D eigenvalue weighted by Gasteiger charge is -2.29. The molecule has 6 nitrogen and oxygen atoms in total. The van der Waals surface area contributed by atoms with E-state index >= 15 is 0 Å². The van der Waals surface area contributed by atoms with Crippen molar-refractivity contribution in [3.05, 3.63) is 120 Å². The molecule has 0 radical (unpaired) electrons. The van der Waals surface area contributed by atoms with Crippen molar-refractivity contribution >= 4 is 22.6 Å². The van der Waals surface area contributed by atoms with Crippen molar-refractivity contribution in [1.29, 1.82) is 0 Å². The molecule has 0 aliphatic heterocycles. The summed E-state index contributed by atoms with van der Waals surface area (Å²) >= 11 is 0. The Kier molecular flexibility index (Phi) is 12.2. The van der Waals surface area contributed by atoms with E-state index in [0.29, 0.717) is 31.2 Å². The molecule has 0 unspecified atom stereocenters. The van der Waals surface area contributed by atoms with Gasteiger partial charge in [-0.3, -0.25) is 9.59 Å². The van der Waals surface area contributed by atoms with Crippen molar-refractivity contribution in [1.82, 2.24) is 20.9 Å². The van der Waals surface area contributed by atoms with Gasteiger partial charge in [-0.15, -0.1) is 0 Å². The lowest BCUT2D eigenvalue weighted by molar-refractivity contribution is -0.132. The second kappa shape index (κ2) is 16.9. The Labute approximate surface area is 268 Å². The molecule has 4 aromatic rings. The number of rotatable bonds is 15. The van der Waals surface area contributed by atoms with Gasteiger partial charge in [-0.1, -0.05) is 110 Å². The smallest absolute Gasteiger partial charge is 0.251 e. The zero-order valence-corrected chi connectivity index (χ0v) is 26.6. The minimum atomic E-state index is -0.326. The molecular weight excluding hydrogens is 556 g/mol. The number of hydrogen-bond donors (Lipinski definition) is 3. The molecule has 45 heavy (non-hydrogen) atoms. The minimum absolute atomic E-state index is 0.0798. The second-order valence-corrected chi connectivity index (χ2v) is 12.3. The number of benzene rings is 4. The van der Waals surface area contributed by atoms with Gasteiger partial charge in [0.25, 0.3) is 5.91 Å². The Hall–Kier alpha value is -4.00. The van der Waals surface area contributed by atoms with Crippen molar-refractivity contribution in [2.45, 2.75) is 62.9 Å². The summed E-state index contributed by atoms with van der Waals surface area (Å²) in [4.78, 5) is 28.8. The van der Waals surface area contributed by atoms with Crippen LogP contribution in [0.5, 0.6) is 0 Å². The molecule has 0 bridgehead atoms. The monoisotopic (exact) mass is 604 g/mol. The zero-order valence-electron chi connectivity index (χ0n) is 26.6. The Morgan fingerprint density at radius 3 is 2.09 bits per heavy atom. The summed E-state index contributed by atoms with van der Waals surface area (Å²) in [5.74, 6) is 0.0642. The predicted octanol–water partition coefficient (Wildman–Crippen LogP) is 6.52. The average molecular weight is 605 g/mol. The van der Waals surface area contributed by atoms with Gasteiger partial charge in [0.2, 0.25) is 5.91 Å². The molecule has 2 amide bonds. The number of hydrogen-bond acceptors (Lipinski definition) is 4. The first-order valence-corrected chi connectivity index (χ1v) is 16.7. The highest BCUT2D eigenvalue weighted by atomic mass is 16.2. The maximum atomic E-state index is 14.0. The SMILES string of the molecule is CN(CC(c1ccccc1)c1ccccc1)C(=O)[C@H](CCCNC1CCCCC1)NCCNC(=O)c1ccc2ccccc2c1. The number of carbonyl (C=O) groups is 2. The standard InChI is InChI=1S/C39H48N4O2/c1-43(29-36(31-15-5-2-6-16-31)32-17-7-3-8-18-32)39(45)37(22-13-25-40-35-20-9-4-10-21-35)41-26-27-42-38(44)34-24-23-30-14-11-12-19-33(30)28-34/h2-3,5-8,11-12,14-19,23-24,28,35-37,40-41H,4,9-10,13,20-22,25-27,29H2,1H3,(H,42,44)/t37-/m0/s1. The van der Waals surface area contributed by atoms with Gasteiger partial charge in [0.15, 0.2) is 0 Å². The fourth-order valence-corrected chi connectivity index (χ4v) is 6.49. The quantitative estimate of drug-likeness (QED) is 0.135. The number of nitrogens with zero attached hydrogens (tertiary/aromatic N) is 1. The summed E-state index contributed by atoms with van der Waals surface area (Å²) < 4.78 is 0. The Balaban J connectivity index is 1.19. The lowest BCUT2D eigenvalue weighted by atomic mass is 9.90. The summed E-state index contributed by atoms with van der Waals surface area (Å²) in [5, 5.41) is 12.4. The van der Waals surface area contributed by atoms with Crippen molar-refractivity contribution in [3.63, 3.8) is 0 Å². The molecule has 0 heterocycles. The maximum Gasteiger partial charge on any atom is 0.251 e. The molecule has 6 heteroatoms. The lowest BCUT2D eigenvalue weighted by Crippen LogP contribution is -2.48. The van der Waals surface area contributed by atoms with E-state index in [9.17, 15) is 9.59 Å².